The molecule has 2 heteroatoms. The van der Waals surface area contributed by atoms with Gasteiger partial charge in [-0.3, -0.25) is 0 Å². The third kappa shape index (κ3) is 1.88. The molecular weight excluding hydrogens is 155 g/mol. The van der Waals surface area contributed by atoms with E-state index in [1.165, 1.54) is 0 Å². The van der Waals surface area contributed by atoms with Crippen LogP contribution < -0.4 is 0 Å². The molecule has 0 N–H and O–H groups in total. The summed E-state index contributed by atoms with van der Waals surface area (Å²) in [5.41, 5.74) is 0.820. The zero-order valence-corrected chi connectivity index (χ0v) is 6.15. The van der Waals surface area contributed by atoms with Crippen molar-refractivity contribution in [1.29, 1.82) is 0 Å². The quantitative estimate of drug-likeness (QED) is 0.554. The summed E-state index contributed by atoms with van der Waals surface area (Å²) in [4.78, 5) is -0.453. The van der Waals surface area contributed by atoms with Gasteiger partial charge in [-0.25, -0.2) is 0 Å². The molecule has 1 aromatic carbocycles. The lowest BCUT2D eigenvalue weighted by Gasteiger charge is -1.96. The van der Waals surface area contributed by atoms with Crippen LogP contribution in [-0.2, 0) is 0 Å². The second kappa shape index (κ2) is 3.09. The van der Waals surface area contributed by atoms with Crippen molar-refractivity contribution in [2.24, 2.45) is 0 Å². The third-order valence-electron chi connectivity index (χ3n) is 0.968. The molecule has 0 heterocycles. The van der Waals surface area contributed by atoms with Crippen LogP contribution in [0, 0.1) is 6.07 Å². The van der Waals surface area contributed by atoms with Crippen molar-refractivity contribution < 1.29 is 0 Å². The summed E-state index contributed by atoms with van der Waals surface area (Å²) in [5, 5.41) is 0. The van der Waals surface area contributed by atoms with Crippen LogP contribution in [-0.4, -0.2) is 0 Å². The Morgan fingerprint density at radius 1 is 1.33 bits per heavy atom. The van der Waals surface area contributed by atoms with Crippen molar-refractivity contribution >= 4 is 23.2 Å². The van der Waals surface area contributed by atoms with Crippen LogP contribution in [0.5, 0.6) is 0 Å². The van der Waals surface area contributed by atoms with Gasteiger partial charge in [0.25, 0.3) is 0 Å². The Morgan fingerprint density at radius 3 is 2.44 bits per heavy atom. The SMILES string of the molecule is ClC(Cl)c1[c]cccc1. The van der Waals surface area contributed by atoms with Gasteiger partial charge >= 0.3 is 0 Å². The fourth-order valence-electron chi connectivity index (χ4n) is 0.543. The Hall–Kier alpha value is -0.200. The zero-order valence-electron chi connectivity index (χ0n) is 4.64. The summed E-state index contributed by atoms with van der Waals surface area (Å²) in [6.45, 7) is 0. The molecule has 1 aromatic rings. The minimum absolute atomic E-state index is 0.453. The first kappa shape index (κ1) is 6.91. The molecule has 0 aromatic heterocycles. The van der Waals surface area contributed by atoms with E-state index in [0.717, 1.165) is 5.56 Å². The van der Waals surface area contributed by atoms with E-state index < -0.39 is 4.84 Å². The molecule has 0 aliphatic heterocycles. The molecule has 0 saturated heterocycles. The van der Waals surface area contributed by atoms with Gasteiger partial charge in [-0.15, -0.1) is 23.2 Å². The number of hydrogen-bond donors (Lipinski definition) is 0. The average molecular weight is 160 g/mol. The first-order chi connectivity index (χ1) is 4.30. The Labute approximate surface area is 64.4 Å². The standard InChI is InChI=1S/C7H5Cl2/c8-7(9)6-4-2-1-3-5-6/h1-4,7H. The molecule has 9 heavy (non-hydrogen) atoms. The number of halogens is 2. The minimum atomic E-state index is -0.453. The van der Waals surface area contributed by atoms with E-state index in [1.807, 2.05) is 18.2 Å². The molecule has 0 fully saturated rings. The Morgan fingerprint density at radius 2 is 2.11 bits per heavy atom. The van der Waals surface area contributed by atoms with E-state index in [9.17, 15) is 0 Å². The fraction of sp³-hybridized carbons (Fsp3) is 0.143. The maximum atomic E-state index is 5.54. The number of alkyl halides is 2. The van der Waals surface area contributed by atoms with Crippen LogP contribution in [0.4, 0.5) is 0 Å². The highest BCUT2D eigenvalue weighted by Crippen LogP contribution is 2.22. The molecule has 47 valence electrons. The highest BCUT2D eigenvalue weighted by molar-refractivity contribution is 6.44. The molecule has 0 bridgehead atoms. The molecular formula is C7H5Cl2. The lowest BCUT2D eigenvalue weighted by Crippen LogP contribution is -1.77. The van der Waals surface area contributed by atoms with E-state index >= 15 is 0 Å². The molecule has 1 rings (SSSR count). The fourth-order valence-corrected chi connectivity index (χ4v) is 0.814. The van der Waals surface area contributed by atoms with Gasteiger partial charge in [0, 0.05) is 0 Å². The number of hydrogen-bond acceptors (Lipinski definition) is 0. The van der Waals surface area contributed by atoms with Gasteiger partial charge < -0.3 is 0 Å². The normalized spacial score (nSPS) is 10.1. The van der Waals surface area contributed by atoms with Crippen LogP contribution in [0.25, 0.3) is 0 Å². The van der Waals surface area contributed by atoms with Crippen LogP contribution in [0.2, 0.25) is 0 Å². The maximum absolute atomic E-state index is 5.54. The summed E-state index contributed by atoms with van der Waals surface area (Å²) in [7, 11) is 0. The minimum Gasteiger partial charge on any atom is -0.100 e. The van der Waals surface area contributed by atoms with Gasteiger partial charge in [-0.1, -0.05) is 24.3 Å². The van der Waals surface area contributed by atoms with E-state index in [-0.39, 0.29) is 0 Å². The molecule has 0 unspecified atom stereocenters. The van der Waals surface area contributed by atoms with Crippen LogP contribution in [0.1, 0.15) is 10.4 Å². The molecule has 0 nitrogen and oxygen atoms in total. The molecule has 0 spiro atoms. The van der Waals surface area contributed by atoms with Crippen LogP contribution in [0.15, 0.2) is 24.3 Å². The Balaban J connectivity index is 2.85. The van der Waals surface area contributed by atoms with Crippen molar-refractivity contribution in [2.45, 2.75) is 4.84 Å². The van der Waals surface area contributed by atoms with E-state index in [4.69, 9.17) is 23.2 Å². The van der Waals surface area contributed by atoms with Gasteiger partial charge in [0.1, 0.15) is 4.84 Å². The topological polar surface area (TPSA) is 0 Å². The van der Waals surface area contributed by atoms with Gasteiger partial charge in [0.05, 0.1) is 0 Å². The summed E-state index contributed by atoms with van der Waals surface area (Å²) in [5.74, 6) is 0. The highest BCUT2D eigenvalue weighted by Gasteiger charge is 1.99. The predicted octanol–water partition coefficient (Wildman–Crippen LogP) is 2.96. The van der Waals surface area contributed by atoms with E-state index in [2.05, 4.69) is 6.07 Å². The van der Waals surface area contributed by atoms with Crippen LogP contribution in [0.3, 0.4) is 0 Å². The molecule has 0 saturated carbocycles. The molecule has 0 aliphatic rings. The van der Waals surface area contributed by atoms with Crippen molar-refractivity contribution in [2.75, 3.05) is 0 Å². The number of benzene rings is 1. The zero-order chi connectivity index (χ0) is 6.69. The van der Waals surface area contributed by atoms with Gasteiger partial charge in [-0.2, -0.15) is 0 Å². The first-order valence-electron chi connectivity index (χ1n) is 2.55. The number of rotatable bonds is 1. The maximum Gasteiger partial charge on any atom is 0.133 e. The third-order valence-corrected chi connectivity index (χ3v) is 1.44. The lowest BCUT2D eigenvalue weighted by molar-refractivity contribution is 1.34. The van der Waals surface area contributed by atoms with Gasteiger partial charge in [-0.05, 0) is 11.6 Å². The van der Waals surface area contributed by atoms with E-state index in [0.29, 0.717) is 0 Å². The summed E-state index contributed by atoms with van der Waals surface area (Å²) >= 11 is 11.1. The first-order valence-corrected chi connectivity index (χ1v) is 3.43. The molecule has 1 radical (unpaired) electrons. The van der Waals surface area contributed by atoms with Gasteiger partial charge in [0.15, 0.2) is 0 Å². The molecule has 0 aliphatic carbocycles. The summed E-state index contributed by atoms with van der Waals surface area (Å²) < 4.78 is 0. The summed E-state index contributed by atoms with van der Waals surface area (Å²) in [6.07, 6.45) is 0. The smallest absolute Gasteiger partial charge is 0.100 e. The van der Waals surface area contributed by atoms with Crippen molar-refractivity contribution in [1.82, 2.24) is 0 Å². The monoisotopic (exact) mass is 159 g/mol. The van der Waals surface area contributed by atoms with Gasteiger partial charge in [0.2, 0.25) is 0 Å². The van der Waals surface area contributed by atoms with Crippen molar-refractivity contribution in [3.63, 3.8) is 0 Å². The largest absolute Gasteiger partial charge is 0.133 e. The highest BCUT2D eigenvalue weighted by atomic mass is 35.5. The lowest BCUT2D eigenvalue weighted by atomic mass is 10.2. The second-order valence-corrected chi connectivity index (χ2v) is 2.71. The Bertz CT molecular complexity index is 170. The second-order valence-electron chi connectivity index (χ2n) is 1.62. The van der Waals surface area contributed by atoms with Crippen LogP contribution >= 0.6 is 23.2 Å². The predicted molar refractivity (Wildman–Crippen MR) is 39.7 cm³/mol. The van der Waals surface area contributed by atoms with Crippen molar-refractivity contribution in [3.05, 3.63) is 35.9 Å². The Kier molecular flexibility index (Phi) is 2.38. The van der Waals surface area contributed by atoms with Crippen molar-refractivity contribution in [3.8, 4) is 0 Å². The summed E-state index contributed by atoms with van der Waals surface area (Å²) in [6, 6.07) is 10.3. The average Bonchev–Trinajstić information content (AvgIpc) is 1.90. The van der Waals surface area contributed by atoms with E-state index in [1.54, 1.807) is 6.07 Å². The molecule has 0 amide bonds. The molecule has 0 atom stereocenters.